The summed E-state index contributed by atoms with van der Waals surface area (Å²) in [6, 6.07) is 0. The first-order valence-corrected chi connectivity index (χ1v) is 5.42. The summed E-state index contributed by atoms with van der Waals surface area (Å²) in [5.41, 5.74) is 0. The van der Waals surface area contributed by atoms with Crippen LogP contribution in [0.15, 0.2) is 6.33 Å². The third-order valence-corrected chi connectivity index (χ3v) is 2.31. The molecule has 0 aliphatic carbocycles. The number of aryl methyl sites for hydroxylation is 1. The smallest absolute Gasteiger partial charge is 0.194 e. The molecule has 0 saturated carbocycles. The molecule has 6 heteroatoms. The number of nitrogens with zero attached hydrogens (tertiary/aromatic N) is 2. The van der Waals surface area contributed by atoms with Crippen LogP contribution < -0.4 is 0 Å². The van der Waals surface area contributed by atoms with E-state index in [0.717, 1.165) is 26.0 Å². The van der Waals surface area contributed by atoms with Gasteiger partial charge in [0.1, 0.15) is 6.33 Å². The fourth-order valence-corrected chi connectivity index (χ4v) is 1.35. The van der Waals surface area contributed by atoms with Gasteiger partial charge in [0.25, 0.3) is 0 Å². The fourth-order valence-electron chi connectivity index (χ4n) is 1.16. The molecule has 0 radical (unpaired) electrons. The molecule has 0 fully saturated rings. The van der Waals surface area contributed by atoms with Crippen LogP contribution >= 0.6 is 12.2 Å². The van der Waals surface area contributed by atoms with Gasteiger partial charge in [0.05, 0.1) is 13.2 Å². The molecule has 0 amide bonds. The summed E-state index contributed by atoms with van der Waals surface area (Å²) in [4.78, 5) is 0. The van der Waals surface area contributed by atoms with Crippen LogP contribution in [0.25, 0.3) is 0 Å². The zero-order valence-electron chi connectivity index (χ0n) is 8.94. The normalized spacial score (nSPS) is 10.7. The van der Waals surface area contributed by atoms with E-state index in [1.165, 1.54) is 0 Å². The topological polar surface area (TPSA) is 52.1 Å². The molecule has 0 saturated heterocycles. The Morgan fingerprint density at radius 1 is 1.40 bits per heavy atom. The maximum absolute atomic E-state index is 5.34. The molecule has 15 heavy (non-hydrogen) atoms. The second-order valence-electron chi connectivity index (χ2n) is 3.17. The summed E-state index contributed by atoms with van der Waals surface area (Å²) >= 11 is 5.02. The van der Waals surface area contributed by atoms with Gasteiger partial charge in [0, 0.05) is 20.3 Å². The van der Waals surface area contributed by atoms with Gasteiger partial charge in [-0.25, -0.2) is 0 Å². The van der Waals surface area contributed by atoms with E-state index >= 15 is 0 Å². The van der Waals surface area contributed by atoms with Crippen molar-refractivity contribution in [3.8, 4) is 0 Å². The molecular weight excluding hydrogens is 214 g/mol. The van der Waals surface area contributed by atoms with Crippen molar-refractivity contribution in [2.24, 2.45) is 0 Å². The summed E-state index contributed by atoms with van der Waals surface area (Å²) in [5, 5.41) is 6.56. The minimum Gasteiger partial charge on any atom is -0.382 e. The molecule has 0 bridgehead atoms. The van der Waals surface area contributed by atoms with E-state index in [4.69, 9.17) is 21.7 Å². The van der Waals surface area contributed by atoms with Gasteiger partial charge in [-0.2, -0.15) is 5.10 Å². The maximum Gasteiger partial charge on any atom is 0.194 e. The zero-order valence-corrected chi connectivity index (χ0v) is 9.76. The molecule has 0 aromatic carbocycles. The van der Waals surface area contributed by atoms with Crippen molar-refractivity contribution in [1.29, 1.82) is 0 Å². The summed E-state index contributed by atoms with van der Waals surface area (Å²) in [6.07, 6.45) is 3.78. The van der Waals surface area contributed by atoms with E-state index < -0.39 is 0 Å². The lowest BCUT2D eigenvalue weighted by atomic mass is 10.3. The van der Waals surface area contributed by atoms with E-state index in [-0.39, 0.29) is 0 Å². The Labute approximate surface area is 94.4 Å². The van der Waals surface area contributed by atoms with Gasteiger partial charge in [0.2, 0.25) is 0 Å². The Kier molecular flexibility index (Phi) is 6.22. The predicted octanol–water partition coefficient (Wildman–Crippen LogP) is 1.38. The lowest BCUT2D eigenvalue weighted by Crippen LogP contribution is -2.04. The van der Waals surface area contributed by atoms with E-state index in [0.29, 0.717) is 18.0 Å². The van der Waals surface area contributed by atoms with E-state index in [9.17, 15) is 0 Å². The number of ether oxygens (including phenoxy) is 2. The highest BCUT2D eigenvalue weighted by atomic mass is 32.1. The fraction of sp³-hybridized carbons (Fsp3) is 0.778. The molecule has 1 N–H and O–H groups in total. The van der Waals surface area contributed by atoms with Crippen LogP contribution in [-0.2, 0) is 16.0 Å². The summed E-state index contributed by atoms with van der Waals surface area (Å²) in [5.74, 6) is 0. The molecule has 0 aliphatic heterocycles. The SMILES string of the molecule is COCCOCCCCn1cn[nH]c1=S. The van der Waals surface area contributed by atoms with Gasteiger partial charge in [0.15, 0.2) is 4.77 Å². The van der Waals surface area contributed by atoms with Gasteiger partial charge in [-0.1, -0.05) is 0 Å². The number of aromatic amines is 1. The third kappa shape index (κ3) is 5.06. The van der Waals surface area contributed by atoms with Gasteiger partial charge in [-0.3, -0.25) is 5.10 Å². The predicted molar refractivity (Wildman–Crippen MR) is 59.3 cm³/mol. The number of rotatable bonds is 8. The van der Waals surface area contributed by atoms with Crippen LogP contribution in [0, 0.1) is 4.77 Å². The van der Waals surface area contributed by atoms with Crippen LogP contribution in [0.1, 0.15) is 12.8 Å². The third-order valence-electron chi connectivity index (χ3n) is 1.99. The first-order valence-electron chi connectivity index (χ1n) is 5.01. The highest BCUT2D eigenvalue weighted by Gasteiger charge is 1.94. The van der Waals surface area contributed by atoms with Crippen LogP contribution in [0.2, 0.25) is 0 Å². The van der Waals surface area contributed by atoms with Crippen LogP contribution in [-0.4, -0.2) is 41.7 Å². The highest BCUT2D eigenvalue weighted by Crippen LogP contribution is 1.96. The molecule has 1 heterocycles. The van der Waals surface area contributed by atoms with Crippen molar-refractivity contribution in [2.45, 2.75) is 19.4 Å². The number of H-pyrrole nitrogens is 1. The van der Waals surface area contributed by atoms with E-state index in [2.05, 4.69) is 10.2 Å². The second kappa shape index (κ2) is 7.56. The second-order valence-corrected chi connectivity index (χ2v) is 3.55. The average Bonchev–Trinajstić information content (AvgIpc) is 2.63. The van der Waals surface area contributed by atoms with Crippen molar-refractivity contribution in [1.82, 2.24) is 14.8 Å². The van der Waals surface area contributed by atoms with Crippen molar-refractivity contribution in [3.05, 3.63) is 11.1 Å². The molecule has 5 nitrogen and oxygen atoms in total. The molecule has 0 aliphatic rings. The number of nitrogens with one attached hydrogen (secondary N) is 1. The van der Waals surface area contributed by atoms with Gasteiger partial charge >= 0.3 is 0 Å². The summed E-state index contributed by atoms with van der Waals surface area (Å²) in [6.45, 7) is 2.99. The Bertz CT molecular complexity index is 310. The molecule has 1 aromatic heterocycles. The number of aromatic nitrogens is 3. The quantitative estimate of drug-likeness (QED) is 0.542. The largest absolute Gasteiger partial charge is 0.382 e. The highest BCUT2D eigenvalue weighted by molar-refractivity contribution is 7.71. The van der Waals surface area contributed by atoms with Crippen LogP contribution in [0.3, 0.4) is 0 Å². The van der Waals surface area contributed by atoms with Crippen molar-refractivity contribution in [2.75, 3.05) is 26.9 Å². The van der Waals surface area contributed by atoms with Crippen molar-refractivity contribution < 1.29 is 9.47 Å². The monoisotopic (exact) mass is 231 g/mol. The lowest BCUT2D eigenvalue weighted by molar-refractivity contribution is 0.0684. The molecule has 0 unspecified atom stereocenters. The maximum atomic E-state index is 5.34. The molecular formula is C9H17N3O2S. The Morgan fingerprint density at radius 2 is 2.27 bits per heavy atom. The molecule has 0 spiro atoms. The average molecular weight is 231 g/mol. The molecule has 0 atom stereocenters. The minimum atomic E-state index is 0.660. The van der Waals surface area contributed by atoms with Crippen molar-refractivity contribution in [3.63, 3.8) is 0 Å². The lowest BCUT2D eigenvalue weighted by Gasteiger charge is -2.03. The Morgan fingerprint density at radius 3 is 2.93 bits per heavy atom. The van der Waals surface area contributed by atoms with E-state index in [1.807, 2.05) is 4.57 Å². The first-order chi connectivity index (χ1) is 7.34. The van der Waals surface area contributed by atoms with E-state index in [1.54, 1.807) is 13.4 Å². The standard InChI is InChI=1S/C9H17N3O2S/c1-13-6-7-14-5-3-2-4-12-8-10-11-9(12)15/h8H,2-7H2,1H3,(H,11,15). The molecule has 1 aromatic rings. The first kappa shape index (κ1) is 12.4. The number of methoxy groups -OCH3 is 1. The van der Waals surface area contributed by atoms with Crippen molar-refractivity contribution >= 4 is 12.2 Å². The van der Waals surface area contributed by atoms with Crippen LogP contribution in [0.4, 0.5) is 0 Å². The number of hydrogen-bond acceptors (Lipinski definition) is 4. The Balaban J connectivity index is 1.98. The zero-order chi connectivity index (χ0) is 10.9. The van der Waals surface area contributed by atoms with Gasteiger partial charge < -0.3 is 14.0 Å². The number of unbranched alkanes of at least 4 members (excludes halogenated alkanes) is 1. The molecule has 86 valence electrons. The summed E-state index contributed by atoms with van der Waals surface area (Å²) < 4.78 is 12.8. The van der Waals surface area contributed by atoms with Gasteiger partial charge in [-0.05, 0) is 25.1 Å². The minimum absolute atomic E-state index is 0.660. The van der Waals surface area contributed by atoms with Crippen LogP contribution in [0.5, 0.6) is 0 Å². The number of hydrogen-bond donors (Lipinski definition) is 1. The Hall–Kier alpha value is -0.720. The summed E-state index contributed by atoms with van der Waals surface area (Å²) in [7, 11) is 1.67. The van der Waals surface area contributed by atoms with Gasteiger partial charge in [-0.15, -0.1) is 0 Å². The molecule has 1 rings (SSSR count).